The highest BCUT2D eigenvalue weighted by atomic mass is 35.5. The standard InChI is InChI=1S/C18H21ClN2O5S/c1-4-20(5-2)27(24,25)14-10-11-18(17(12-14)21(22)23)26-13(3)15-8-6-7-9-16(15)19/h6-13H,4-5H2,1-3H3/t13-/m1/s1. The van der Waals surface area contributed by atoms with Crippen molar-refractivity contribution in [3.63, 3.8) is 0 Å². The molecule has 0 fully saturated rings. The van der Waals surface area contributed by atoms with Crippen molar-refractivity contribution < 1.29 is 18.1 Å². The number of benzene rings is 2. The molecule has 0 aliphatic heterocycles. The number of rotatable bonds is 8. The minimum absolute atomic E-state index is 0.0223. The van der Waals surface area contributed by atoms with Crippen molar-refractivity contribution in [2.75, 3.05) is 13.1 Å². The van der Waals surface area contributed by atoms with E-state index in [9.17, 15) is 18.5 Å². The number of hydrogen-bond donors (Lipinski definition) is 0. The number of ether oxygens (including phenoxy) is 1. The Bertz CT molecular complexity index is 929. The third-order valence-corrected chi connectivity index (χ3v) is 6.51. The average molecular weight is 413 g/mol. The van der Waals surface area contributed by atoms with Gasteiger partial charge >= 0.3 is 5.69 Å². The maximum absolute atomic E-state index is 12.6. The van der Waals surface area contributed by atoms with Crippen molar-refractivity contribution in [1.29, 1.82) is 0 Å². The zero-order valence-corrected chi connectivity index (χ0v) is 16.8. The van der Waals surface area contributed by atoms with Crippen LogP contribution in [0.3, 0.4) is 0 Å². The van der Waals surface area contributed by atoms with Gasteiger partial charge in [-0.05, 0) is 25.1 Å². The maximum Gasteiger partial charge on any atom is 0.312 e. The number of nitrogens with zero attached hydrogens (tertiary/aromatic N) is 2. The van der Waals surface area contributed by atoms with Gasteiger partial charge in [-0.1, -0.05) is 43.6 Å². The van der Waals surface area contributed by atoms with E-state index in [0.717, 1.165) is 6.07 Å². The lowest BCUT2D eigenvalue weighted by Crippen LogP contribution is -2.30. The van der Waals surface area contributed by atoms with Crippen molar-refractivity contribution in [2.45, 2.75) is 31.8 Å². The summed E-state index contributed by atoms with van der Waals surface area (Å²) in [5, 5.41) is 12.0. The molecule has 2 aromatic carbocycles. The summed E-state index contributed by atoms with van der Waals surface area (Å²) in [7, 11) is -3.81. The van der Waals surface area contributed by atoms with E-state index in [-0.39, 0.29) is 23.7 Å². The van der Waals surface area contributed by atoms with E-state index in [1.165, 1.54) is 16.4 Å². The molecular weight excluding hydrogens is 392 g/mol. The molecule has 9 heteroatoms. The lowest BCUT2D eigenvalue weighted by atomic mass is 10.1. The maximum atomic E-state index is 12.6. The highest BCUT2D eigenvalue weighted by molar-refractivity contribution is 7.89. The van der Waals surface area contributed by atoms with Crippen LogP contribution in [-0.4, -0.2) is 30.7 Å². The van der Waals surface area contributed by atoms with Gasteiger partial charge in [-0.2, -0.15) is 4.31 Å². The van der Waals surface area contributed by atoms with Crippen molar-refractivity contribution in [2.24, 2.45) is 0 Å². The van der Waals surface area contributed by atoms with Gasteiger partial charge in [0.1, 0.15) is 6.10 Å². The lowest BCUT2D eigenvalue weighted by Gasteiger charge is -2.19. The topological polar surface area (TPSA) is 89.8 Å². The third kappa shape index (κ3) is 4.58. The molecule has 0 aromatic heterocycles. The Kier molecular flexibility index (Phi) is 6.80. The van der Waals surface area contributed by atoms with Gasteiger partial charge in [-0.25, -0.2) is 8.42 Å². The zero-order chi connectivity index (χ0) is 20.2. The zero-order valence-electron chi connectivity index (χ0n) is 15.3. The minimum Gasteiger partial charge on any atom is -0.479 e. The molecule has 2 aromatic rings. The molecule has 0 N–H and O–H groups in total. The van der Waals surface area contributed by atoms with E-state index in [0.29, 0.717) is 10.6 Å². The summed E-state index contributed by atoms with van der Waals surface area (Å²) in [5.41, 5.74) is 0.260. The highest BCUT2D eigenvalue weighted by Crippen LogP contribution is 2.35. The first-order valence-corrected chi connectivity index (χ1v) is 10.2. The molecule has 0 saturated heterocycles. The van der Waals surface area contributed by atoms with Crippen LogP contribution in [0.5, 0.6) is 5.75 Å². The first-order valence-electron chi connectivity index (χ1n) is 8.42. The van der Waals surface area contributed by atoms with E-state index in [1.807, 2.05) is 0 Å². The Balaban J connectivity index is 2.42. The first-order chi connectivity index (χ1) is 12.7. The summed E-state index contributed by atoms with van der Waals surface area (Å²) in [6.45, 7) is 5.67. The van der Waals surface area contributed by atoms with Gasteiger partial charge in [-0.3, -0.25) is 10.1 Å². The molecule has 0 bridgehead atoms. The quantitative estimate of drug-likeness (QED) is 0.473. The molecule has 2 rings (SSSR count). The van der Waals surface area contributed by atoms with E-state index in [2.05, 4.69) is 0 Å². The highest BCUT2D eigenvalue weighted by Gasteiger charge is 2.27. The smallest absolute Gasteiger partial charge is 0.312 e. The SMILES string of the molecule is CCN(CC)S(=O)(=O)c1ccc(O[C@H](C)c2ccccc2Cl)c([N+](=O)[O-])c1. The number of halogens is 1. The van der Waals surface area contributed by atoms with Crippen molar-refractivity contribution >= 4 is 27.3 Å². The molecule has 0 amide bonds. The third-order valence-electron chi connectivity index (χ3n) is 4.12. The molecule has 146 valence electrons. The monoisotopic (exact) mass is 412 g/mol. The second-order valence-corrected chi connectivity index (χ2v) is 8.10. The number of hydrogen-bond acceptors (Lipinski definition) is 5. The Morgan fingerprint density at radius 3 is 2.37 bits per heavy atom. The van der Waals surface area contributed by atoms with Crippen LogP contribution in [-0.2, 0) is 10.0 Å². The molecule has 1 atom stereocenters. The Morgan fingerprint density at radius 2 is 1.81 bits per heavy atom. The van der Waals surface area contributed by atoms with E-state index >= 15 is 0 Å². The fraction of sp³-hybridized carbons (Fsp3) is 0.333. The molecule has 0 radical (unpaired) electrons. The van der Waals surface area contributed by atoms with Gasteiger partial charge in [0.15, 0.2) is 5.75 Å². The molecule has 0 aliphatic carbocycles. The first kappa shape index (κ1) is 21.1. The van der Waals surface area contributed by atoms with Gasteiger partial charge in [0.05, 0.1) is 9.82 Å². The van der Waals surface area contributed by atoms with Crippen molar-refractivity contribution in [3.8, 4) is 5.75 Å². The van der Waals surface area contributed by atoms with Gasteiger partial charge in [-0.15, -0.1) is 0 Å². The second-order valence-electron chi connectivity index (χ2n) is 5.76. The summed E-state index contributed by atoms with van der Waals surface area (Å²) in [4.78, 5) is 10.7. The summed E-state index contributed by atoms with van der Waals surface area (Å²) in [6, 6.07) is 10.7. The normalized spacial score (nSPS) is 12.8. The Hall–Kier alpha value is -2.16. The molecule has 0 saturated carbocycles. The van der Waals surface area contributed by atoms with E-state index in [1.54, 1.807) is 45.0 Å². The number of sulfonamides is 1. The predicted octanol–water partition coefficient (Wildman–Crippen LogP) is 4.42. The molecular formula is C18H21ClN2O5S. The summed E-state index contributed by atoms with van der Waals surface area (Å²) in [5.74, 6) is -0.0223. The van der Waals surface area contributed by atoms with E-state index in [4.69, 9.17) is 16.3 Å². The molecule has 0 unspecified atom stereocenters. The van der Waals surface area contributed by atoms with Crippen LogP contribution in [0.4, 0.5) is 5.69 Å². The van der Waals surface area contributed by atoms with Crippen molar-refractivity contribution in [3.05, 3.63) is 63.2 Å². The number of nitro groups is 1. The minimum atomic E-state index is -3.81. The van der Waals surface area contributed by atoms with Crippen LogP contribution < -0.4 is 4.74 Å². The van der Waals surface area contributed by atoms with Crippen LogP contribution >= 0.6 is 11.6 Å². The van der Waals surface area contributed by atoms with Gasteiger partial charge < -0.3 is 4.74 Å². The van der Waals surface area contributed by atoms with Gasteiger partial charge in [0, 0.05) is 29.7 Å². The molecule has 0 spiro atoms. The Labute approximate surface area is 163 Å². The predicted molar refractivity (Wildman–Crippen MR) is 104 cm³/mol. The van der Waals surface area contributed by atoms with Crippen LogP contribution in [0.1, 0.15) is 32.4 Å². The van der Waals surface area contributed by atoms with E-state index < -0.39 is 26.7 Å². The average Bonchev–Trinajstić information content (AvgIpc) is 2.62. The lowest BCUT2D eigenvalue weighted by molar-refractivity contribution is -0.386. The van der Waals surface area contributed by atoms with Gasteiger partial charge in [0.25, 0.3) is 0 Å². The summed E-state index contributed by atoms with van der Waals surface area (Å²) < 4.78 is 32.2. The fourth-order valence-electron chi connectivity index (χ4n) is 2.67. The molecule has 7 nitrogen and oxygen atoms in total. The van der Waals surface area contributed by atoms with Gasteiger partial charge in [0.2, 0.25) is 10.0 Å². The summed E-state index contributed by atoms with van der Waals surface area (Å²) >= 11 is 6.14. The van der Waals surface area contributed by atoms with Crippen molar-refractivity contribution in [1.82, 2.24) is 4.31 Å². The van der Waals surface area contributed by atoms with Crippen LogP contribution in [0.2, 0.25) is 5.02 Å². The number of nitro benzene ring substituents is 1. The van der Waals surface area contributed by atoms with Crippen LogP contribution in [0.15, 0.2) is 47.4 Å². The van der Waals surface area contributed by atoms with Crippen LogP contribution in [0, 0.1) is 10.1 Å². The molecule has 27 heavy (non-hydrogen) atoms. The Morgan fingerprint density at radius 1 is 1.19 bits per heavy atom. The largest absolute Gasteiger partial charge is 0.479 e. The molecule has 0 heterocycles. The molecule has 0 aliphatic rings. The second kappa shape index (κ2) is 8.69. The fourth-order valence-corrected chi connectivity index (χ4v) is 4.44. The van der Waals surface area contributed by atoms with Crippen LogP contribution in [0.25, 0.3) is 0 Å². The summed E-state index contributed by atoms with van der Waals surface area (Å²) in [6.07, 6.45) is -0.553.